The lowest BCUT2D eigenvalue weighted by molar-refractivity contribution is 1.18. The number of fused-ring (bicyclic) bond motifs is 3. The second-order valence-corrected chi connectivity index (χ2v) is 12.6. The van der Waals surface area contributed by atoms with Crippen LogP contribution in [0.5, 0.6) is 0 Å². The molecule has 2 heteroatoms. The van der Waals surface area contributed by atoms with Crippen LogP contribution in [-0.2, 0) is 0 Å². The lowest BCUT2D eigenvalue weighted by Crippen LogP contribution is -2.09. The van der Waals surface area contributed by atoms with E-state index >= 15 is 0 Å². The van der Waals surface area contributed by atoms with Gasteiger partial charge in [-0.25, -0.2) is 0 Å². The van der Waals surface area contributed by atoms with Crippen LogP contribution in [0.25, 0.3) is 60.9 Å². The van der Waals surface area contributed by atoms with Crippen LogP contribution in [-0.4, -0.2) is 4.57 Å². The molecule has 1 heterocycles. The molecule has 236 valence electrons. The molecule has 50 heavy (non-hydrogen) atoms. The van der Waals surface area contributed by atoms with E-state index in [0.717, 1.165) is 22.7 Å². The minimum Gasteiger partial charge on any atom is -0.311 e. The second kappa shape index (κ2) is 12.8. The molecule has 0 bridgehead atoms. The van der Waals surface area contributed by atoms with Crippen molar-refractivity contribution in [3.05, 3.63) is 206 Å². The van der Waals surface area contributed by atoms with E-state index in [-0.39, 0.29) is 0 Å². The van der Waals surface area contributed by atoms with Crippen LogP contribution in [0.1, 0.15) is 0 Å². The predicted molar refractivity (Wildman–Crippen MR) is 212 cm³/mol. The van der Waals surface area contributed by atoms with E-state index in [4.69, 9.17) is 0 Å². The maximum atomic E-state index is 2.42. The van der Waals surface area contributed by atoms with Gasteiger partial charge in [-0.1, -0.05) is 146 Å². The van der Waals surface area contributed by atoms with Gasteiger partial charge in [0.1, 0.15) is 0 Å². The molecule has 1 aromatic heterocycles. The van der Waals surface area contributed by atoms with Gasteiger partial charge in [0.2, 0.25) is 0 Å². The summed E-state index contributed by atoms with van der Waals surface area (Å²) >= 11 is 0. The van der Waals surface area contributed by atoms with E-state index in [0.29, 0.717) is 0 Å². The van der Waals surface area contributed by atoms with Crippen LogP contribution in [0.15, 0.2) is 206 Å². The largest absolute Gasteiger partial charge is 0.311 e. The zero-order chi connectivity index (χ0) is 33.3. The molecule has 9 aromatic rings. The van der Waals surface area contributed by atoms with E-state index in [1.807, 2.05) is 0 Å². The van der Waals surface area contributed by atoms with Crippen molar-refractivity contribution in [2.24, 2.45) is 0 Å². The van der Waals surface area contributed by atoms with Gasteiger partial charge in [-0.3, -0.25) is 0 Å². The normalized spacial score (nSPS) is 11.2. The van der Waals surface area contributed by atoms with Crippen molar-refractivity contribution in [3.8, 4) is 39.1 Å². The average Bonchev–Trinajstić information content (AvgIpc) is 3.53. The zero-order valence-electron chi connectivity index (χ0n) is 27.5. The highest BCUT2D eigenvalue weighted by molar-refractivity contribution is 6.11. The molecule has 2 nitrogen and oxygen atoms in total. The Hall–Kier alpha value is -6.64. The van der Waals surface area contributed by atoms with E-state index in [9.17, 15) is 0 Å². The van der Waals surface area contributed by atoms with E-state index in [1.54, 1.807) is 0 Å². The number of aromatic nitrogens is 1. The Bertz CT molecular complexity index is 2550. The third-order valence-corrected chi connectivity index (χ3v) is 9.61. The van der Waals surface area contributed by atoms with E-state index in [2.05, 4.69) is 216 Å². The minimum absolute atomic E-state index is 1.11. The van der Waals surface area contributed by atoms with Gasteiger partial charge in [0.05, 0.1) is 16.7 Å². The smallest absolute Gasteiger partial charge is 0.0541 e. The molecular weight excluding hydrogens is 605 g/mol. The third-order valence-electron chi connectivity index (χ3n) is 9.61. The Morgan fingerprint density at radius 1 is 0.300 bits per heavy atom. The van der Waals surface area contributed by atoms with Crippen molar-refractivity contribution in [1.29, 1.82) is 0 Å². The first-order valence-electron chi connectivity index (χ1n) is 17.1. The average molecular weight is 639 g/mol. The Morgan fingerprint density at radius 2 is 0.760 bits per heavy atom. The molecule has 0 spiro atoms. The lowest BCUT2D eigenvalue weighted by atomic mass is 10.0. The maximum Gasteiger partial charge on any atom is 0.0541 e. The quantitative estimate of drug-likeness (QED) is 0.169. The summed E-state index contributed by atoms with van der Waals surface area (Å²) in [5.41, 5.74) is 14.1. The fraction of sp³-hybridized carbons (Fsp3) is 0. The summed E-state index contributed by atoms with van der Waals surface area (Å²) < 4.78 is 2.42. The number of rotatable bonds is 7. The minimum atomic E-state index is 1.11. The van der Waals surface area contributed by atoms with Gasteiger partial charge in [-0.2, -0.15) is 0 Å². The van der Waals surface area contributed by atoms with Crippen molar-refractivity contribution < 1.29 is 0 Å². The molecule has 0 fully saturated rings. The van der Waals surface area contributed by atoms with Crippen LogP contribution in [0, 0.1) is 0 Å². The summed E-state index contributed by atoms with van der Waals surface area (Å²) in [5.74, 6) is 0. The molecule has 0 aliphatic rings. The predicted octanol–water partition coefficient (Wildman–Crippen LogP) is 13.3. The van der Waals surface area contributed by atoms with Crippen LogP contribution in [0.3, 0.4) is 0 Å². The molecule has 0 unspecified atom stereocenters. The molecule has 0 radical (unpaired) electrons. The third kappa shape index (κ3) is 5.34. The van der Waals surface area contributed by atoms with Crippen LogP contribution < -0.4 is 4.90 Å². The highest BCUT2D eigenvalue weighted by Crippen LogP contribution is 2.40. The van der Waals surface area contributed by atoms with Gasteiger partial charge in [0.25, 0.3) is 0 Å². The molecule has 9 rings (SSSR count). The van der Waals surface area contributed by atoms with Crippen LogP contribution in [0.4, 0.5) is 17.1 Å². The fourth-order valence-electron chi connectivity index (χ4n) is 7.20. The van der Waals surface area contributed by atoms with Crippen molar-refractivity contribution in [1.82, 2.24) is 4.57 Å². The van der Waals surface area contributed by atoms with Gasteiger partial charge in [0.15, 0.2) is 0 Å². The SMILES string of the molecule is c1ccc(-c2ccc(N(c3ccccc3)c3ccc(-c4ccccc4-n4c5ccccc5c5cc(-c6ccccc6)ccc54)cc3)cc2)cc1. The summed E-state index contributed by atoms with van der Waals surface area (Å²) in [6, 6.07) is 74.0. The van der Waals surface area contributed by atoms with Crippen LogP contribution >= 0.6 is 0 Å². The van der Waals surface area contributed by atoms with Gasteiger partial charge in [-0.05, 0) is 88.5 Å². The van der Waals surface area contributed by atoms with E-state index in [1.165, 1.54) is 55.2 Å². The number of hydrogen-bond acceptors (Lipinski definition) is 1. The van der Waals surface area contributed by atoms with Gasteiger partial charge >= 0.3 is 0 Å². The van der Waals surface area contributed by atoms with Gasteiger partial charge in [-0.15, -0.1) is 0 Å². The first-order valence-corrected chi connectivity index (χ1v) is 17.1. The summed E-state index contributed by atoms with van der Waals surface area (Å²) in [4.78, 5) is 2.32. The number of para-hydroxylation sites is 3. The van der Waals surface area contributed by atoms with Gasteiger partial charge < -0.3 is 9.47 Å². The Kier molecular flexibility index (Phi) is 7.53. The molecule has 0 amide bonds. The second-order valence-electron chi connectivity index (χ2n) is 12.6. The Labute approximate surface area is 292 Å². The van der Waals surface area contributed by atoms with Crippen molar-refractivity contribution >= 4 is 38.9 Å². The molecule has 0 saturated carbocycles. The molecule has 0 N–H and O–H groups in total. The lowest BCUT2D eigenvalue weighted by Gasteiger charge is -2.26. The molecule has 0 aliphatic carbocycles. The van der Waals surface area contributed by atoms with Crippen molar-refractivity contribution in [3.63, 3.8) is 0 Å². The molecule has 0 saturated heterocycles. The summed E-state index contributed by atoms with van der Waals surface area (Å²) in [7, 11) is 0. The standard InChI is InChI=1S/C48H34N2/c1-4-14-35(15-5-1)37-24-29-41(30-25-37)49(40-18-8-3-9-19-40)42-31-26-38(27-32-42)43-20-10-12-22-46(43)50-47-23-13-11-21-44(47)45-34-39(28-33-48(45)50)36-16-6-2-7-17-36/h1-34H. The topological polar surface area (TPSA) is 8.17 Å². The Morgan fingerprint density at radius 3 is 1.44 bits per heavy atom. The van der Waals surface area contributed by atoms with E-state index < -0.39 is 0 Å². The first-order chi connectivity index (χ1) is 24.8. The Balaban J connectivity index is 1.13. The number of hydrogen-bond donors (Lipinski definition) is 0. The first kappa shape index (κ1) is 29.5. The maximum absolute atomic E-state index is 2.42. The van der Waals surface area contributed by atoms with Crippen molar-refractivity contribution in [2.75, 3.05) is 4.90 Å². The zero-order valence-corrected chi connectivity index (χ0v) is 27.5. The molecule has 0 aliphatic heterocycles. The number of anilines is 3. The summed E-state index contributed by atoms with van der Waals surface area (Å²) in [6.45, 7) is 0. The number of benzene rings is 8. The fourth-order valence-corrected chi connectivity index (χ4v) is 7.20. The highest BCUT2D eigenvalue weighted by Gasteiger charge is 2.17. The van der Waals surface area contributed by atoms with Crippen LogP contribution in [0.2, 0.25) is 0 Å². The molecular formula is C48H34N2. The number of nitrogens with zero attached hydrogens (tertiary/aromatic N) is 2. The molecule has 0 atom stereocenters. The summed E-state index contributed by atoms with van der Waals surface area (Å²) in [6.07, 6.45) is 0. The monoisotopic (exact) mass is 638 g/mol. The summed E-state index contributed by atoms with van der Waals surface area (Å²) in [5, 5.41) is 2.51. The van der Waals surface area contributed by atoms with Crippen molar-refractivity contribution in [2.45, 2.75) is 0 Å². The molecule has 8 aromatic carbocycles. The van der Waals surface area contributed by atoms with Gasteiger partial charge in [0, 0.05) is 33.4 Å². The highest BCUT2D eigenvalue weighted by atomic mass is 15.1.